The Morgan fingerprint density at radius 3 is 2.38 bits per heavy atom. The second-order valence-corrected chi connectivity index (χ2v) is 6.60. The minimum absolute atomic E-state index is 0.131. The molecule has 2 saturated heterocycles. The zero-order valence-corrected chi connectivity index (χ0v) is 14.2. The molecule has 0 amide bonds. The van der Waals surface area contributed by atoms with Crippen LogP contribution in [-0.2, 0) is 33.3 Å². The van der Waals surface area contributed by atoms with E-state index in [4.69, 9.17) is 23.7 Å². The molecule has 0 N–H and O–H groups in total. The number of epoxide rings is 2. The zero-order chi connectivity index (χ0) is 18.5. The molecule has 0 spiro atoms. The van der Waals surface area contributed by atoms with Crippen LogP contribution in [0.4, 0.5) is 0 Å². The van der Waals surface area contributed by atoms with Gasteiger partial charge in [0.15, 0.2) is 17.8 Å². The van der Waals surface area contributed by atoms with E-state index in [0.29, 0.717) is 5.56 Å². The van der Waals surface area contributed by atoms with Gasteiger partial charge in [0.25, 0.3) is 0 Å². The molecule has 1 saturated carbocycles. The Bertz CT molecular complexity index is 747. The van der Waals surface area contributed by atoms with Crippen LogP contribution < -0.4 is 0 Å². The molecule has 26 heavy (non-hydrogen) atoms. The highest BCUT2D eigenvalue weighted by molar-refractivity contribution is 5.89. The van der Waals surface area contributed by atoms with Gasteiger partial charge >= 0.3 is 17.9 Å². The fourth-order valence-electron chi connectivity index (χ4n) is 3.57. The van der Waals surface area contributed by atoms with Crippen molar-refractivity contribution in [3.63, 3.8) is 0 Å². The Labute approximate surface area is 149 Å². The van der Waals surface area contributed by atoms with Gasteiger partial charge in [-0.15, -0.1) is 0 Å². The van der Waals surface area contributed by atoms with Crippen LogP contribution in [0.2, 0.25) is 0 Å². The van der Waals surface area contributed by atoms with E-state index in [1.165, 1.54) is 13.8 Å². The third-order valence-electron chi connectivity index (χ3n) is 4.77. The summed E-state index contributed by atoms with van der Waals surface area (Å²) in [5.74, 6) is -1.58. The number of benzene rings is 1. The van der Waals surface area contributed by atoms with Gasteiger partial charge in [0.2, 0.25) is 0 Å². The molecule has 3 fully saturated rings. The largest absolute Gasteiger partial charge is 0.459 e. The molecule has 0 unspecified atom stereocenters. The highest BCUT2D eigenvalue weighted by atomic mass is 16.7. The van der Waals surface area contributed by atoms with Crippen molar-refractivity contribution in [1.82, 2.24) is 0 Å². The zero-order valence-electron chi connectivity index (χ0n) is 14.2. The summed E-state index contributed by atoms with van der Waals surface area (Å²) < 4.78 is 27.4. The van der Waals surface area contributed by atoms with Crippen LogP contribution in [0.5, 0.6) is 0 Å². The molecule has 1 aromatic carbocycles. The maximum Gasteiger partial charge on any atom is 0.338 e. The van der Waals surface area contributed by atoms with Crippen LogP contribution >= 0.6 is 0 Å². The van der Waals surface area contributed by atoms with Gasteiger partial charge in [-0.05, 0) is 12.1 Å². The van der Waals surface area contributed by atoms with Crippen molar-refractivity contribution in [2.45, 2.75) is 50.0 Å². The molecule has 8 nitrogen and oxygen atoms in total. The van der Waals surface area contributed by atoms with Gasteiger partial charge in [-0.3, -0.25) is 9.59 Å². The molecule has 1 aliphatic carbocycles. The highest BCUT2D eigenvalue weighted by Gasteiger charge is 2.81. The van der Waals surface area contributed by atoms with Crippen molar-refractivity contribution in [2.75, 3.05) is 6.61 Å². The van der Waals surface area contributed by atoms with Gasteiger partial charge in [0, 0.05) is 13.8 Å². The summed E-state index contributed by atoms with van der Waals surface area (Å²) in [6.07, 6.45) is -2.71. The van der Waals surface area contributed by atoms with Crippen molar-refractivity contribution in [3.8, 4) is 0 Å². The highest BCUT2D eigenvalue weighted by Crippen LogP contribution is 2.57. The van der Waals surface area contributed by atoms with Gasteiger partial charge in [-0.2, -0.15) is 0 Å². The first-order valence-electron chi connectivity index (χ1n) is 8.32. The van der Waals surface area contributed by atoms with E-state index >= 15 is 0 Å². The summed E-state index contributed by atoms with van der Waals surface area (Å²) in [6, 6.07) is 8.52. The monoisotopic (exact) mass is 362 g/mol. The van der Waals surface area contributed by atoms with Crippen molar-refractivity contribution in [2.24, 2.45) is 0 Å². The van der Waals surface area contributed by atoms with E-state index in [1.54, 1.807) is 30.3 Å². The first-order valence-corrected chi connectivity index (χ1v) is 8.32. The lowest BCUT2D eigenvalue weighted by molar-refractivity contribution is -0.175. The lowest BCUT2D eigenvalue weighted by atomic mass is 9.84. The van der Waals surface area contributed by atoms with Crippen molar-refractivity contribution < 1.29 is 38.1 Å². The van der Waals surface area contributed by atoms with E-state index in [9.17, 15) is 14.4 Å². The molecule has 1 aromatic rings. The molecule has 0 radical (unpaired) electrons. The minimum Gasteiger partial charge on any atom is -0.459 e. The van der Waals surface area contributed by atoms with Gasteiger partial charge in [0.05, 0.1) is 5.56 Å². The smallest absolute Gasteiger partial charge is 0.338 e. The number of carbonyl (C=O) groups is 3. The summed E-state index contributed by atoms with van der Waals surface area (Å²) in [5, 5.41) is 0. The number of hydrogen-bond acceptors (Lipinski definition) is 8. The predicted molar refractivity (Wildman–Crippen MR) is 84.1 cm³/mol. The molecule has 4 rings (SSSR count). The molecule has 3 aliphatic rings. The second kappa shape index (κ2) is 6.07. The van der Waals surface area contributed by atoms with Crippen LogP contribution in [0.25, 0.3) is 0 Å². The minimum atomic E-state index is -1.06. The van der Waals surface area contributed by atoms with Gasteiger partial charge in [-0.25, -0.2) is 4.79 Å². The fourth-order valence-corrected chi connectivity index (χ4v) is 3.57. The van der Waals surface area contributed by atoms with Gasteiger partial charge in [-0.1, -0.05) is 18.2 Å². The van der Waals surface area contributed by atoms with Crippen LogP contribution in [0.3, 0.4) is 0 Å². The third-order valence-corrected chi connectivity index (χ3v) is 4.77. The average molecular weight is 362 g/mol. The standard InChI is InChI=1S/C18H18O8/c1-9(19)23-13-12-14(25-12)16-18(26-16,15(13)24-10(2)20)8-22-17(21)11-6-4-3-5-7-11/h3-7,12-16H,8H2,1-2H3/t12-,13-,14-,15+,16-,18+/m1/s1. The molecule has 2 aliphatic heterocycles. The molecule has 138 valence electrons. The number of esters is 3. The maximum atomic E-state index is 12.2. The van der Waals surface area contributed by atoms with E-state index < -0.39 is 35.7 Å². The van der Waals surface area contributed by atoms with Crippen molar-refractivity contribution >= 4 is 17.9 Å². The van der Waals surface area contributed by atoms with E-state index in [0.717, 1.165) is 0 Å². The number of rotatable bonds is 5. The van der Waals surface area contributed by atoms with E-state index in [1.807, 2.05) is 0 Å². The third kappa shape index (κ3) is 2.85. The SMILES string of the molecule is CC(=O)O[C@@H]1[C@H]2O[C@H]2[C@H]2O[C@@]2(COC(=O)c2ccccc2)[C@H]1OC(C)=O. The molecule has 8 heteroatoms. The van der Waals surface area contributed by atoms with Crippen molar-refractivity contribution in [3.05, 3.63) is 35.9 Å². The summed E-state index contributed by atoms with van der Waals surface area (Å²) >= 11 is 0. The predicted octanol–water partition coefficient (Wildman–Crippen LogP) is 0.625. The fraction of sp³-hybridized carbons (Fsp3) is 0.500. The summed E-state index contributed by atoms with van der Waals surface area (Å²) in [7, 11) is 0. The second-order valence-electron chi connectivity index (χ2n) is 6.60. The molecule has 0 aromatic heterocycles. The van der Waals surface area contributed by atoms with Gasteiger partial charge in [0.1, 0.15) is 24.9 Å². The van der Waals surface area contributed by atoms with Crippen LogP contribution in [0.15, 0.2) is 30.3 Å². The molecule has 6 atom stereocenters. The lowest BCUT2D eigenvalue weighted by Gasteiger charge is -2.32. The van der Waals surface area contributed by atoms with Crippen LogP contribution in [0.1, 0.15) is 24.2 Å². The van der Waals surface area contributed by atoms with E-state index in [2.05, 4.69) is 0 Å². The molecule has 2 heterocycles. The Balaban J connectivity index is 1.52. The first kappa shape index (κ1) is 17.0. The van der Waals surface area contributed by atoms with Crippen molar-refractivity contribution in [1.29, 1.82) is 0 Å². The summed E-state index contributed by atoms with van der Waals surface area (Å²) in [4.78, 5) is 35.2. The Hall–Kier alpha value is -2.45. The average Bonchev–Trinajstić information content (AvgIpc) is 3.49. The molecule has 0 bridgehead atoms. The van der Waals surface area contributed by atoms with Crippen LogP contribution in [-0.4, -0.2) is 60.6 Å². The number of hydrogen-bond donors (Lipinski definition) is 0. The summed E-state index contributed by atoms with van der Waals surface area (Å²) in [5.41, 5.74) is -0.661. The Morgan fingerprint density at radius 1 is 1.04 bits per heavy atom. The van der Waals surface area contributed by atoms with Gasteiger partial charge < -0.3 is 23.7 Å². The summed E-state index contributed by atoms with van der Waals surface area (Å²) in [6.45, 7) is 2.39. The Kier molecular flexibility index (Phi) is 3.96. The van der Waals surface area contributed by atoms with Crippen LogP contribution in [0, 0.1) is 0 Å². The normalized spacial score (nSPS) is 36.2. The lowest BCUT2D eigenvalue weighted by Crippen LogP contribution is -2.55. The molecular weight excluding hydrogens is 344 g/mol. The van der Waals surface area contributed by atoms with E-state index in [-0.39, 0.29) is 24.9 Å². The number of fused-ring (bicyclic) bond motifs is 3. The quantitative estimate of drug-likeness (QED) is 0.427. The number of ether oxygens (including phenoxy) is 5. The topological polar surface area (TPSA) is 104 Å². The number of carbonyl (C=O) groups excluding carboxylic acids is 3. The maximum absolute atomic E-state index is 12.2. The Morgan fingerprint density at radius 2 is 1.73 bits per heavy atom. The first-order chi connectivity index (χ1) is 12.4. The molecular formula is C18H18O8.